The summed E-state index contributed by atoms with van der Waals surface area (Å²) in [6.07, 6.45) is 3.47. The fraction of sp³-hybridized carbons (Fsp3) is 0.500. The number of aryl methyl sites for hydroxylation is 1. The van der Waals surface area contributed by atoms with Crippen molar-refractivity contribution in [2.75, 3.05) is 7.05 Å². The van der Waals surface area contributed by atoms with Gasteiger partial charge in [-0.3, -0.25) is 4.79 Å². The fourth-order valence-electron chi connectivity index (χ4n) is 2.11. The van der Waals surface area contributed by atoms with Crippen molar-refractivity contribution in [3.63, 3.8) is 0 Å². The van der Waals surface area contributed by atoms with Gasteiger partial charge in [-0.05, 0) is 6.42 Å². The molecule has 0 aromatic carbocycles. The number of aromatic nitrogens is 6. The van der Waals surface area contributed by atoms with Crippen LogP contribution in [-0.2, 0) is 19.5 Å². The molecule has 18 heavy (non-hydrogen) atoms. The van der Waals surface area contributed by atoms with Crippen LogP contribution in [0.3, 0.4) is 0 Å². The van der Waals surface area contributed by atoms with Crippen LogP contribution in [0.1, 0.15) is 28.6 Å². The molecule has 1 aliphatic heterocycles. The first-order valence-electron chi connectivity index (χ1n) is 5.78. The number of nitrogens with zero attached hydrogens (tertiary/aromatic N) is 6. The zero-order valence-corrected chi connectivity index (χ0v) is 10.00. The molecule has 0 spiro atoms. The molecule has 1 aliphatic rings. The lowest BCUT2D eigenvalue weighted by atomic mass is 10.4. The maximum atomic E-state index is 12.0. The maximum absolute atomic E-state index is 12.0. The Morgan fingerprint density at radius 3 is 3.22 bits per heavy atom. The number of carbonyl (C=O) groups excluding carboxylic acids is 1. The van der Waals surface area contributed by atoms with E-state index in [1.165, 1.54) is 6.20 Å². The average Bonchev–Trinajstić information content (AvgIpc) is 3.06. The van der Waals surface area contributed by atoms with Crippen molar-refractivity contribution in [3.05, 3.63) is 23.5 Å². The number of hydrogen-bond donors (Lipinski definition) is 1. The SMILES string of the molecule is CN(Cc1nnc2n1CCC2)C(=O)c1cn[nH]n1. The lowest BCUT2D eigenvalue weighted by molar-refractivity contribution is 0.0774. The Morgan fingerprint density at radius 2 is 2.44 bits per heavy atom. The second kappa shape index (κ2) is 4.21. The van der Waals surface area contributed by atoms with Crippen LogP contribution in [0.15, 0.2) is 6.20 Å². The van der Waals surface area contributed by atoms with E-state index in [0.29, 0.717) is 12.2 Å². The number of aromatic amines is 1. The summed E-state index contributed by atoms with van der Waals surface area (Å²) in [4.78, 5) is 13.5. The first kappa shape index (κ1) is 10.9. The van der Waals surface area contributed by atoms with E-state index in [4.69, 9.17) is 0 Å². The minimum atomic E-state index is -0.181. The predicted octanol–water partition coefficient (Wildman–Crippen LogP) is -0.385. The van der Waals surface area contributed by atoms with E-state index in [2.05, 4.69) is 30.2 Å². The van der Waals surface area contributed by atoms with E-state index in [1.54, 1.807) is 11.9 Å². The summed E-state index contributed by atoms with van der Waals surface area (Å²) < 4.78 is 2.08. The van der Waals surface area contributed by atoms with Gasteiger partial charge in [-0.2, -0.15) is 15.4 Å². The number of rotatable bonds is 3. The number of hydrogen-bond acceptors (Lipinski definition) is 5. The normalized spacial score (nSPS) is 13.6. The molecule has 0 aliphatic carbocycles. The zero-order chi connectivity index (χ0) is 12.5. The van der Waals surface area contributed by atoms with Crippen molar-refractivity contribution in [2.45, 2.75) is 25.9 Å². The standard InChI is InChI=1S/C10H13N7O/c1-16(10(18)7-5-11-15-12-7)6-9-14-13-8-3-2-4-17(8)9/h5H,2-4,6H2,1H3,(H,11,12,15). The van der Waals surface area contributed by atoms with Gasteiger partial charge in [0.1, 0.15) is 5.82 Å². The van der Waals surface area contributed by atoms with Gasteiger partial charge < -0.3 is 9.47 Å². The maximum Gasteiger partial charge on any atom is 0.276 e. The second-order valence-corrected chi connectivity index (χ2v) is 4.30. The van der Waals surface area contributed by atoms with E-state index in [0.717, 1.165) is 31.0 Å². The van der Waals surface area contributed by atoms with E-state index in [-0.39, 0.29) is 5.91 Å². The average molecular weight is 247 g/mol. The molecule has 0 atom stereocenters. The third-order valence-corrected chi connectivity index (χ3v) is 3.05. The van der Waals surface area contributed by atoms with Crippen LogP contribution < -0.4 is 0 Å². The number of nitrogens with one attached hydrogen (secondary N) is 1. The molecule has 2 aromatic heterocycles. The molecule has 8 nitrogen and oxygen atoms in total. The lowest BCUT2D eigenvalue weighted by Gasteiger charge is -2.15. The van der Waals surface area contributed by atoms with Crippen LogP contribution in [0.2, 0.25) is 0 Å². The number of fused-ring (bicyclic) bond motifs is 1. The molecule has 0 saturated carbocycles. The molecular formula is C10H13N7O. The Labute approximate surface area is 103 Å². The Bertz CT molecular complexity index is 559. The van der Waals surface area contributed by atoms with Gasteiger partial charge in [0, 0.05) is 20.0 Å². The van der Waals surface area contributed by atoms with Crippen molar-refractivity contribution >= 4 is 5.91 Å². The molecule has 3 rings (SSSR count). The molecule has 0 bridgehead atoms. The summed E-state index contributed by atoms with van der Waals surface area (Å²) >= 11 is 0. The minimum absolute atomic E-state index is 0.181. The quantitative estimate of drug-likeness (QED) is 0.797. The molecular weight excluding hydrogens is 234 g/mol. The van der Waals surface area contributed by atoms with Crippen LogP contribution in [0.5, 0.6) is 0 Å². The molecule has 8 heteroatoms. The van der Waals surface area contributed by atoms with Gasteiger partial charge in [-0.1, -0.05) is 0 Å². The number of H-pyrrole nitrogens is 1. The van der Waals surface area contributed by atoms with Crippen LogP contribution in [0.25, 0.3) is 0 Å². The van der Waals surface area contributed by atoms with Crippen LogP contribution in [0.4, 0.5) is 0 Å². The fourth-order valence-corrected chi connectivity index (χ4v) is 2.11. The summed E-state index contributed by atoms with van der Waals surface area (Å²) in [6, 6.07) is 0. The minimum Gasteiger partial charge on any atom is -0.333 e. The van der Waals surface area contributed by atoms with E-state index in [9.17, 15) is 4.79 Å². The first-order valence-corrected chi connectivity index (χ1v) is 5.78. The lowest BCUT2D eigenvalue weighted by Crippen LogP contribution is -2.28. The topological polar surface area (TPSA) is 92.6 Å². The van der Waals surface area contributed by atoms with Crippen molar-refractivity contribution in [1.29, 1.82) is 0 Å². The Kier molecular flexibility index (Phi) is 2.54. The van der Waals surface area contributed by atoms with Crippen molar-refractivity contribution in [1.82, 2.24) is 35.1 Å². The molecule has 0 saturated heterocycles. The molecule has 3 heterocycles. The second-order valence-electron chi connectivity index (χ2n) is 4.30. The smallest absolute Gasteiger partial charge is 0.276 e. The summed E-state index contributed by atoms with van der Waals surface area (Å²) in [6.45, 7) is 1.36. The van der Waals surface area contributed by atoms with Gasteiger partial charge >= 0.3 is 0 Å². The Morgan fingerprint density at radius 1 is 1.56 bits per heavy atom. The van der Waals surface area contributed by atoms with Gasteiger partial charge in [0.25, 0.3) is 5.91 Å². The monoisotopic (exact) mass is 247 g/mol. The summed E-state index contributed by atoms with van der Waals surface area (Å²) in [5.74, 6) is 1.65. The third-order valence-electron chi connectivity index (χ3n) is 3.05. The first-order chi connectivity index (χ1) is 8.75. The molecule has 0 radical (unpaired) electrons. The highest BCUT2D eigenvalue weighted by Crippen LogP contribution is 2.15. The summed E-state index contributed by atoms with van der Waals surface area (Å²) in [5, 5.41) is 18.0. The van der Waals surface area contributed by atoms with Gasteiger partial charge in [0.05, 0.1) is 12.7 Å². The highest BCUT2D eigenvalue weighted by atomic mass is 16.2. The van der Waals surface area contributed by atoms with Crippen molar-refractivity contribution in [3.8, 4) is 0 Å². The molecule has 2 aromatic rings. The van der Waals surface area contributed by atoms with E-state index >= 15 is 0 Å². The largest absolute Gasteiger partial charge is 0.333 e. The number of carbonyl (C=O) groups is 1. The molecule has 94 valence electrons. The number of amides is 1. The zero-order valence-electron chi connectivity index (χ0n) is 10.00. The van der Waals surface area contributed by atoms with Gasteiger partial charge in [0.15, 0.2) is 11.5 Å². The third kappa shape index (κ3) is 1.75. The highest BCUT2D eigenvalue weighted by Gasteiger charge is 2.21. The van der Waals surface area contributed by atoms with Crippen LogP contribution in [0, 0.1) is 0 Å². The van der Waals surface area contributed by atoms with Gasteiger partial charge in [-0.15, -0.1) is 10.2 Å². The Balaban J connectivity index is 1.74. The van der Waals surface area contributed by atoms with Crippen molar-refractivity contribution < 1.29 is 4.79 Å². The van der Waals surface area contributed by atoms with Crippen LogP contribution >= 0.6 is 0 Å². The molecule has 0 fully saturated rings. The summed E-state index contributed by atoms with van der Waals surface area (Å²) in [5.41, 5.74) is 0.304. The Hall–Kier alpha value is -2.25. The van der Waals surface area contributed by atoms with E-state index < -0.39 is 0 Å². The molecule has 1 N–H and O–H groups in total. The predicted molar refractivity (Wildman–Crippen MR) is 60.5 cm³/mol. The van der Waals surface area contributed by atoms with Crippen LogP contribution in [-0.4, -0.2) is 48.0 Å². The summed E-state index contributed by atoms with van der Waals surface area (Å²) in [7, 11) is 1.72. The van der Waals surface area contributed by atoms with Gasteiger partial charge in [0.2, 0.25) is 0 Å². The van der Waals surface area contributed by atoms with Crippen molar-refractivity contribution in [2.24, 2.45) is 0 Å². The van der Waals surface area contributed by atoms with Gasteiger partial charge in [-0.25, -0.2) is 0 Å². The molecule has 1 amide bonds. The highest BCUT2D eigenvalue weighted by molar-refractivity contribution is 5.91. The molecule has 0 unspecified atom stereocenters. The van der Waals surface area contributed by atoms with E-state index in [1.807, 2.05) is 0 Å².